The maximum absolute atomic E-state index is 12.9. The summed E-state index contributed by atoms with van der Waals surface area (Å²) in [7, 11) is 0. The third-order valence-electron chi connectivity index (χ3n) is 12.0. The predicted octanol–water partition coefficient (Wildman–Crippen LogP) is 4.78. The second kappa shape index (κ2) is 12.3. The largest absolute Gasteiger partial charge is 0.510 e. The van der Waals surface area contributed by atoms with Crippen LogP contribution >= 0.6 is 0 Å². The zero-order valence-electron chi connectivity index (χ0n) is 27.3. The van der Waals surface area contributed by atoms with Crippen molar-refractivity contribution in [3.8, 4) is 11.5 Å². The Morgan fingerprint density at radius 2 is 1.67 bits per heavy atom. The molecule has 1 unspecified atom stereocenters. The molecule has 1 aromatic carbocycles. The Balaban J connectivity index is 1.34. The van der Waals surface area contributed by atoms with Crippen LogP contribution in [-0.4, -0.2) is 61.3 Å². The van der Waals surface area contributed by atoms with Gasteiger partial charge >= 0.3 is 0 Å². The minimum Gasteiger partial charge on any atom is -0.510 e. The highest BCUT2D eigenvalue weighted by molar-refractivity contribution is 6.19. The number of ketones is 1. The number of aliphatic hydroxyl groups is 3. The lowest BCUT2D eigenvalue weighted by atomic mass is 9.56. The van der Waals surface area contributed by atoms with Crippen LogP contribution in [0.1, 0.15) is 84.8 Å². The molecule has 3 heterocycles. The van der Waals surface area contributed by atoms with Crippen LogP contribution in [0.2, 0.25) is 0 Å². The van der Waals surface area contributed by atoms with Crippen molar-refractivity contribution in [1.82, 2.24) is 5.32 Å². The number of carbonyl (C=O) groups excluding carboxylic acids is 2. The van der Waals surface area contributed by atoms with Gasteiger partial charge in [-0.3, -0.25) is 9.59 Å². The summed E-state index contributed by atoms with van der Waals surface area (Å²) in [5.74, 6) is -3.64. The quantitative estimate of drug-likeness (QED) is 0.118. The van der Waals surface area contributed by atoms with E-state index in [2.05, 4.69) is 32.2 Å². The van der Waals surface area contributed by atoms with Crippen LogP contribution in [0.3, 0.4) is 0 Å². The molecule has 46 heavy (non-hydrogen) atoms. The Bertz CT molecular complexity index is 1420. The minimum absolute atomic E-state index is 0.0288. The molecule has 10 heteroatoms. The fourth-order valence-corrected chi connectivity index (χ4v) is 9.34. The average molecular weight is 640 g/mol. The Hall–Kier alpha value is -2.92. The molecule has 1 spiro atoms. The number of ether oxygens (including phenoxy) is 2. The van der Waals surface area contributed by atoms with Crippen molar-refractivity contribution in [3.05, 3.63) is 46.9 Å². The van der Waals surface area contributed by atoms with Crippen molar-refractivity contribution < 1.29 is 44.6 Å². The van der Waals surface area contributed by atoms with Gasteiger partial charge in [0.25, 0.3) is 5.91 Å². The molecule has 3 aliphatic heterocycles. The molecule has 13 atom stereocenters. The van der Waals surface area contributed by atoms with Gasteiger partial charge in [-0.1, -0.05) is 39.3 Å². The molecular formula is C36H49NO9. The maximum Gasteiger partial charge on any atom is 0.261 e. The number of hydrogen-bond acceptors (Lipinski definition) is 9. The van der Waals surface area contributed by atoms with Gasteiger partial charge in [0.05, 0.1) is 18.3 Å². The van der Waals surface area contributed by atoms with Crippen LogP contribution < -0.4 is 5.32 Å². The van der Waals surface area contributed by atoms with Crippen LogP contribution in [0.5, 0.6) is 11.5 Å². The van der Waals surface area contributed by atoms with Crippen LogP contribution in [0.15, 0.2) is 41.3 Å². The number of carbonyl (C=O) groups is 2. The first-order chi connectivity index (χ1) is 21.7. The van der Waals surface area contributed by atoms with E-state index < -0.39 is 41.7 Å². The highest BCUT2D eigenvalue weighted by Gasteiger charge is 2.54. The maximum atomic E-state index is 12.9. The SMILES string of the molecule is CC1=C[C@@H]2CC[C@@H](O)[C@H](C)[C@@H]2[C@@H](/C(O)=C2\NC(=O)C(O)C2=O)[C@@H]1C[C@@H]1O[C@@]2(CC[C@@H](C)[C@H](c3cc(O)cc(O)c3)O2)[C@H](C)C[C@H]1C. The van der Waals surface area contributed by atoms with Gasteiger partial charge in [0.1, 0.15) is 23.0 Å². The van der Waals surface area contributed by atoms with Crippen LogP contribution in [0, 0.1) is 47.3 Å². The van der Waals surface area contributed by atoms with E-state index in [4.69, 9.17) is 9.47 Å². The molecule has 6 rings (SSSR count). The summed E-state index contributed by atoms with van der Waals surface area (Å²) in [5.41, 5.74) is 1.51. The smallest absolute Gasteiger partial charge is 0.261 e. The molecule has 6 N–H and O–H groups in total. The molecule has 10 nitrogen and oxygen atoms in total. The number of amides is 1. The summed E-state index contributed by atoms with van der Waals surface area (Å²) in [5, 5.41) is 55.7. The summed E-state index contributed by atoms with van der Waals surface area (Å²) >= 11 is 0. The lowest BCUT2D eigenvalue weighted by molar-refractivity contribution is -0.356. The van der Waals surface area contributed by atoms with E-state index in [1.165, 1.54) is 6.07 Å². The number of aliphatic hydroxyl groups excluding tert-OH is 3. The average Bonchev–Trinajstić information content (AvgIpc) is 3.25. The van der Waals surface area contributed by atoms with Crippen molar-refractivity contribution in [1.29, 1.82) is 0 Å². The lowest BCUT2D eigenvalue weighted by Gasteiger charge is -2.54. The molecule has 5 aliphatic rings. The second-order valence-corrected chi connectivity index (χ2v) is 15.0. The first-order valence-electron chi connectivity index (χ1n) is 16.9. The van der Waals surface area contributed by atoms with Gasteiger partial charge in [0.15, 0.2) is 11.9 Å². The Morgan fingerprint density at radius 1 is 0.978 bits per heavy atom. The van der Waals surface area contributed by atoms with Crippen molar-refractivity contribution in [2.45, 2.75) is 103 Å². The number of fused-ring (bicyclic) bond motifs is 1. The number of hydrogen-bond donors (Lipinski definition) is 6. The number of nitrogens with one attached hydrogen (secondary N) is 1. The number of aromatic hydroxyl groups is 2. The number of rotatable bonds is 4. The summed E-state index contributed by atoms with van der Waals surface area (Å²) in [6, 6.07) is 4.55. The number of phenols is 2. The molecule has 3 saturated heterocycles. The zero-order chi connectivity index (χ0) is 33.2. The van der Waals surface area contributed by atoms with Gasteiger partial charge in [-0.15, -0.1) is 0 Å². The van der Waals surface area contributed by atoms with E-state index in [0.717, 1.165) is 24.8 Å². The normalized spacial score (nSPS) is 44.0. The van der Waals surface area contributed by atoms with Crippen molar-refractivity contribution >= 4 is 11.7 Å². The van der Waals surface area contributed by atoms with E-state index in [1.807, 2.05) is 13.8 Å². The van der Waals surface area contributed by atoms with Crippen LogP contribution in [0.25, 0.3) is 0 Å². The fourth-order valence-electron chi connectivity index (χ4n) is 9.34. The van der Waals surface area contributed by atoms with E-state index in [9.17, 15) is 35.1 Å². The molecule has 1 aromatic rings. The summed E-state index contributed by atoms with van der Waals surface area (Å²) in [6.45, 7) is 10.4. The molecule has 4 fully saturated rings. The molecule has 0 aromatic heterocycles. The molecule has 2 aliphatic carbocycles. The molecule has 0 bridgehead atoms. The molecular weight excluding hydrogens is 590 g/mol. The standard InChI is InChI=1S/C36H49NO9/c1-16-8-9-36(46-34(16)22-12-23(38)14-24(39)13-22)19(4)10-18(3)27(45-36)15-25-17(2)11-21-6-7-26(40)20(5)28(21)29(25)31(41)30-32(42)33(43)35(44)37-30/h11-14,16,18-21,25-29,33-34,38-41,43H,6-10,15H2,1-5H3,(H,37,44)/b31-30+/t16-,18-,19-,20+,21+,25-,26-,27+,28+,29+,33?,34-,36-/m1/s1. The van der Waals surface area contributed by atoms with Crippen LogP contribution in [0.4, 0.5) is 0 Å². The number of phenolic OH excluding ortho intramolecular Hbond substituents is 2. The van der Waals surface area contributed by atoms with Crippen molar-refractivity contribution in [3.63, 3.8) is 0 Å². The van der Waals surface area contributed by atoms with E-state index in [-0.39, 0.29) is 70.5 Å². The van der Waals surface area contributed by atoms with Crippen molar-refractivity contribution in [2.75, 3.05) is 0 Å². The summed E-state index contributed by atoms with van der Waals surface area (Å²) in [4.78, 5) is 25.1. The number of Topliss-reactive ketones (excluding diaryl/α,β-unsaturated/α-hetero) is 1. The predicted molar refractivity (Wildman–Crippen MR) is 168 cm³/mol. The summed E-state index contributed by atoms with van der Waals surface area (Å²) in [6.07, 6.45) is 3.45. The second-order valence-electron chi connectivity index (χ2n) is 15.0. The minimum atomic E-state index is -1.85. The Morgan fingerprint density at radius 3 is 2.33 bits per heavy atom. The van der Waals surface area contributed by atoms with E-state index >= 15 is 0 Å². The van der Waals surface area contributed by atoms with Gasteiger partial charge in [-0.25, -0.2) is 0 Å². The molecule has 1 amide bonds. The fraction of sp³-hybridized carbons (Fsp3) is 0.667. The third kappa shape index (κ3) is 5.65. The third-order valence-corrected chi connectivity index (χ3v) is 12.0. The van der Waals surface area contributed by atoms with E-state index in [1.54, 1.807) is 12.1 Å². The zero-order valence-corrected chi connectivity index (χ0v) is 27.3. The van der Waals surface area contributed by atoms with E-state index in [0.29, 0.717) is 24.8 Å². The van der Waals surface area contributed by atoms with Gasteiger partial charge < -0.3 is 40.3 Å². The monoisotopic (exact) mass is 639 g/mol. The van der Waals surface area contributed by atoms with Gasteiger partial charge in [0, 0.05) is 24.3 Å². The molecule has 1 saturated carbocycles. The molecule has 0 radical (unpaired) electrons. The number of allylic oxidation sites excluding steroid dienone is 3. The summed E-state index contributed by atoms with van der Waals surface area (Å²) < 4.78 is 13.9. The van der Waals surface area contributed by atoms with Gasteiger partial charge in [0.2, 0.25) is 5.78 Å². The topological polar surface area (TPSA) is 166 Å². The van der Waals surface area contributed by atoms with Gasteiger partial charge in [-0.05, 0) is 92.2 Å². The van der Waals surface area contributed by atoms with Crippen molar-refractivity contribution in [2.24, 2.45) is 47.3 Å². The Kier molecular flexibility index (Phi) is 8.80. The van der Waals surface area contributed by atoms with Gasteiger partial charge in [-0.2, -0.15) is 0 Å². The van der Waals surface area contributed by atoms with Crippen LogP contribution in [-0.2, 0) is 19.1 Å². The lowest BCUT2D eigenvalue weighted by Crippen LogP contribution is -2.55. The Labute approximate surface area is 270 Å². The highest BCUT2D eigenvalue weighted by atomic mass is 16.7. The highest BCUT2D eigenvalue weighted by Crippen LogP contribution is 2.55. The first kappa shape index (κ1) is 33.0. The molecule has 252 valence electrons. The number of benzene rings is 1. The first-order valence-corrected chi connectivity index (χ1v) is 16.9.